The molecule has 7 nitrogen and oxygen atoms in total. The molecule has 1 saturated heterocycles. The Bertz CT molecular complexity index is 536. The van der Waals surface area contributed by atoms with Crippen molar-refractivity contribution in [1.29, 1.82) is 0 Å². The minimum atomic E-state index is -3.28. The molecule has 8 heteroatoms. The summed E-state index contributed by atoms with van der Waals surface area (Å²) in [5.41, 5.74) is 0. The highest BCUT2D eigenvalue weighted by molar-refractivity contribution is 7.90. The topological polar surface area (TPSA) is 101 Å². The number of hydrogen-bond donors (Lipinski definition) is 1. The van der Waals surface area contributed by atoms with Gasteiger partial charge in [0.15, 0.2) is 0 Å². The number of nitrogens with one attached hydrogen (secondary N) is 1. The third kappa shape index (κ3) is 3.17. The van der Waals surface area contributed by atoms with Crippen molar-refractivity contribution in [3.8, 4) is 0 Å². The fraction of sp³-hybridized carbons (Fsp3) is 0.750. The zero-order chi connectivity index (χ0) is 14.9. The van der Waals surface area contributed by atoms with Crippen LogP contribution in [0.4, 0.5) is 4.79 Å². The molecule has 0 radical (unpaired) electrons. The molecule has 1 heterocycles. The average molecular weight is 302 g/mol. The number of barbiturate groups is 1. The van der Waals surface area contributed by atoms with Gasteiger partial charge in [-0.25, -0.2) is 13.2 Å². The molecule has 1 atom stereocenters. The van der Waals surface area contributed by atoms with Crippen LogP contribution < -0.4 is 5.32 Å². The standard InChI is InChI=1S/C12H18N2O5S/c1-20(18,19)7-6-14-11(16)9(8-4-2-3-5-8)10(15)13-12(14)17/h8-9H,2-7H2,1H3,(H,13,15,17). The lowest BCUT2D eigenvalue weighted by atomic mass is 9.87. The zero-order valence-corrected chi connectivity index (χ0v) is 12.1. The van der Waals surface area contributed by atoms with Crippen molar-refractivity contribution in [2.45, 2.75) is 25.7 Å². The van der Waals surface area contributed by atoms with E-state index >= 15 is 0 Å². The molecule has 0 aromatic rings. The SMILES string of the molecule is CS(=O)(=O)CCN1C(=O)NC(=O)C(C2CCCC2)C1=O. The van der Waals surface area contributed by atoms with E-state index in [0.29, 0.717) is 0 Å². The second kappa shape index (κ2) is 5.51. The number of sulfone groups is 1. The molecule has 1 aliphatic heterocycles. The molecule has 2 fully saturated rings. The quantitative estimate of drug-likeness (QED) is 0.732. The Balaban J connectivity index is 2.13. The Labute approximate surface area is 117 Å². The lowest BCUT2D eigenvalue weighted by Gasteiger charge is -2.32. The van der Waals surface area contributed by atoms with Gasteiger partial charge in [0.2, 0.25) is 11.8 Å². The van der Waals surface area contributed by atoms with Crippen molar-refractivity contribution in [3.05, 3.63) is 0 Å². The highest BCUT2D eigenvalue weighted by Crippen LogP contribution is 2.33. The lowest BCUT2D eigenvalue weighted by molar-refractivity contribution is -0.144. The van der Waals surface area contributed by atoms with Gasteiger partial charge in [0.1, 0.15) is 15.8 Å². The minimum absolute atomic E-state index is 0.0451. The predicted molar refractivity (Wildman–Crippen MR) is 70.4 cm³/mol. The van der Waals surface area contributed by atoms with E-state index in [-0.39, 0.29) is 18.2 Å². The summed E-state index contributed by atoms with van der Waals surface area (Å²) in [4.78, 5) is 36.7. The summed E-state index contributed by atoms with van der Waals surface area (Å²) < 4.78 is 22.3. The van der Waals surface area contributed by atoms with Gasteiger partial charge in [0.25, 0.3) is 0 Å². The second-order valence-corrected chi connectivity index (χ2v) is 7.70. The Morgan fingerprint density at radius 1 is 1.20 bits per heavy atom. The smallest absolute Gasteiger partial charge is 0.277 e. The van der Waals surface area contributed by atoms with Gasteiger partial charge in [-0.05, 0) is 18.8 Å². The Kier molecular flexibility index (Phi) is 4.12. The number of rotatable bonds is 4. The first-order valence-corrected chi connectivity index (χ1v) is 8.69. The van der Waals surface area contributed by atoms with E-state index in [1.165, 1.54) is 0 Å². The molecular weight excluding hydrogens is 284 g/mol. The van der Waals surface area contributed by atoms with Crippen LogP contribution in [-0.2, 0) is 19.4 Å². The molecule has 2 aliphatic rings. The third-order valence-electron chi connectivity index (χ3n) is 3.85. The normalized spacial score (nSPS) is 25.1. The number of carbonyl (C=O) groups excluding carboxylic acids is 3. The summed E-state index contributed by atoms with van der Waals surface area (Å²) in [6.07, 6.45) is 4.56. The second-order valence-electron chi connectivity index (χ2n) is 5.44. The van der Waals surface area contributed by atoms with Crippen LogP contribution in [0.1, 0.15) is 25.7 Å². The van der Waals surface area contributed by atoms with Crippen molar-refractivity contribution >= 4 is 27.7 Å². The highest BCUT2D eigenvalue weighted by Gasteiger charge is 2.45. The fourth-order valence-corrected chi connectivity index (χ4v) is 3.32. The lowest BCUT2D eigenvalue weighted by Crippen LogP contribution is -2.60. The molecule has 1 unspecified atom stereocenters. The van der Waals surface area contributed by atoms with Gasteiger partial charge in [0.05, 0.1) is 5.75 Å². The van der Waals surface area contributed by atoms with E-state index in [1.54, 1.807) is 0 Å². The van der Waals surface area contributed by atoms with Crippen molar-refractivity contribution < 1.29 is 22.8 Å². The van der Waals surface area contributed by atoms with Crippen molar-refractivity contribution in [3.63, 3.8) is 0 Å². The number of hydrogen-bond acceptors (Lipinski definition) is 5. The Hall–Kier alpha value is -1.44. The van der Waals surface area contributed by atoms with Gasteiger partial charge in [-0.15, -0.1) is 0 Å². The van der Waals surface area contributed by atoms with Crippen molar-refractivity contribution in [2.24, 2.45) is 11.8 Å². The van der Waals surface area contributed by atoms with Crippen LogP contribution in [-0.4, -0.2) is 49.7 Å². The summed E-state index contributed by atoms with van der Waals surface area (Å²) in [7, 11) is -3.28. The van der Waals surface area contributed by atoms with E-state index in [4.69, 9.17) is 0 Å². The summed E-state index contributed by atoms with van der Waals surface area (Å²) in [6, 6.07) is -0.821. The molecule has 20 heavy (non-hydrogen) atoms. The molecule has 0 spiro atoms. The Morgan fingerprint density at radius 2 is 1.80 bits per heavy atom. The van der Waals surface area contributed by atoms with Crippen LogP contribution in [0.15, 0.2) is 0 Å². The number of amides is 4. The first kappa shape index (κ1) is 15.0. The largest absolute Gasteiger partial charge is 0.330 e. The van der Waals surface area contributed by atoms with Crippen LogP contribution in [0.25, 0.3) is 0 Å². The fourth-order valence-electron chi connectivity index (χ4n) is 2.81. The molecular formula is C12H18N2O5S. The molecule has 1 saturated carbocycles. The molecule has 1 N–H and O–H groups in total. The van der Waals surface area contributed by atoms with E-state index in [9.17, 15) is 22.8 Å². The monoisotopic (exact) mass is 302 g/mol. The predicted octanol–water partition coefficient (Wildman–Crippen LogP) is -0.0842. The first-order valence-electron chi connectivity index (χ1n) is 6.63. The van der Waals surface area contributed by atoms with E-state index in [2.05, 4.69) is 5.32 Å². The highest BCUT2D eigenvalue weighted by atomic mass is 32.2. The summed E-state index contributed by atoms with van der Waals surface area (Å²) in [5.74, 6) is -2.31. The average Bonchev–Trinajstić information content (AvgIpc) is 2.80. The number of nitrogens with zero attached hydrogens (tertiary/aromatic N) is 1. The zero-order valence-electron chi connectivity index (χ0n) is 11.3. The summed E-state index contributed by atoms with van der Waals surface area (Å²) >= 11 is 0. The van der Waals surface area contributed by atoms with E-state index in [0.717, 1.165) is 36.8 Å². The molecule has 0 bridgehead atoms. The van der Waals surface area contributed by atoms with Crippen LogP contribution in [0, 0.1) is 11.8 Å². The molecule has 1 aliphatic carbocycles. The van der Waals surface area contributed by atoms with Crippen LogP contribution >= 0.6 is 0 Å². The number of carbonyl (C=O) groups is 3. The summed E-state index contributed by atoms with van der Waals surface area (Å²) in [6.45, 7) is -0.208. The maximum Gasteiger partial charge on any atom is 0.330 e. The van der Waals surface area contributed by atoms with Crippen LogP contribution in [0.2, 0.25) is 0 Å². The number of imide groups is 2. The molecule has 2 rings (SSSR count). The van der Waals surface area contributed by atoms with Gasteiger partial charge in [-0.1, -0.05) is 12.8 Å². The minimum Gasteiger partial charge on any atom is -0.277 e. The van der Waals surface area contributed by atoms with Gasteiger partial charge >= 0.3 is 6.03 Å². The number of urea groups is 1. The van der Waals surface area contributed by atoms with Gasteiger partial charge in [-0.2, -0.15) is 0 Å². The Morgan fingerprint density at radius 3 is 2.35 bits per heavy atom. The van der Waals surface area contributed by atoms with Gasteiger partial charge < -0.3 is 0 Å². The van der Waals surface area contributed by atoms with Crippen LogP contribution in [0.5, 0.6) is 0 Å². The van der Waals surface area contributed by atoms with Gasteiger partial charge in [0, 0.05) is 12.8 Å². The van der Waals surface area contributed by atoms with Crippen molar-refractivity contribution in [2.75, 3.05) is 18.6 Å². The molecule has 0 aromatic carbocycles. The van der Waals surface area contributed by atoms with E-state index in [1.807, 2.05) is 0 Å². The van der Waals surface area contributed by atoms with E-state index < -0.39 is 33.6 Å². The maximum atomic E-state index is 12.3. The third-order valence-corrected chi connectivity index (χ3v) is 4.77. The molecule has 0 aromatic heterocycles. The molecule has 4 amide bonds. The molecule has 112 valence electrons. The van der Waals surface area contributed by atoms with Crippen molar-refractivity contribution in [1.82, 2.24) is 10.2 Å². The van der Waals surface area contributed by atoms with Crippen LogP contribution in [0.3, 0.4) is 0 Å². The first-order chi connectivity index (χ1) is 9.29. The maximum absolute atomic E-state index is 12.3. The van der Waals surface area contributed by atoms with Gasteiger partial charge in [-0.3, -0.25) is 19.8 Å². The summed E-state index contributed by atoms with van der Waals surface area (Å²) in [5, 5.41) is 2.16.